The van der Waals surface area contributed by atoms with Gasteiger partial charge in [0.1, 0.15) is 10.0 Å². The molecule has 2 saturated heterocycles. The van der Waals surface area contributed by atoms with Crippen LogP contribution in [0.25, 0.3) is 0 Å². The standard InChI is InChI=1S/C16H23ClN4O3S/c1-11-9-13(10-19-15(11)17)25(23,24)20-7-4-12(5-8-20)21-6-2-3-14(21)16(18)22/h9-10,12,14H,2-8H2,1H3,(H2,18,22). The van der Waals surface area contributed by atoms with Gasteiger partial charge in [-0.05, 0) is 50.8 Å². The van der Waals surface area contributed by atoms with Crippen LogP contribution in [0.15, 0.2) is 17.2 Å². The number of nitrogens with zero attached hydrogens (tertiary/aromatic N) is 3. The maximum Gasteiger partial charge on any atom is 0.244 e. The molecule has 0 spiro atoms. The molecule has 7 nitrogen and oxygen atoms in total. The first-order valence-electron chi connectivity index (χ1n) is 8.48. The number of amides is 1. The number of rotatable bonds is 4. The molecule has 2 aliphatic heterocycles. The zero-order chi connectivity index (χ0) is 18.2. The van der Waals surface area contributed by atoms with Gasteiger partial charge in [0, 0.05) is 25.3 Å². The van der Waals surface area contributed by atoms with Crippen LogP contribution >= 0.6 is 11.6 Å². The minimum Gasteiger partial charge on any atom is -0.368 e. The van der Waals surface area contributed by atoms with Crippen molar-refractivity contribution in [2.45, 2.75) is 49.6 Å². The number of sulfonamides is 1. The van der Waals surface area contributed by atoms with Gasteiger partial charge >= 0.3 is 0 Å². The van der Waals surface area contributed by atoms with E-state index >= 15 is 0 Å². The minimum absolute atomic E-state index is 0.170. The summed E-state index contributed by atoms with van der Waals surface area (Å²) in [6.45, 7) is 3.44. The fourth-order valence-electron chi connectivity index (χ4n) is 3.77. The van der Waals surface area contributed by atoms with Gasteiger partial charge in [-0.2, -0.15) is 4.31 Å². The first kappa shape index (κ1) is 18.6. The summed E-state index contributed by atoms with van der Waals surface area (Å²) in [5.41, 5.74) is 6.13. The molecule has 3 rings (SSSR count). The predicted molar refractivity (Wildman–Crippen MR) is 94.7 cm³/mol. The Hall–Kier alpha value is -1.22. The zero-order valence-corrected chi connectivity index (χ0v) is 15.8. The lowest BCUT2D eigenvalue weighted by Crippen LogP contribution is -2.51. The molecule has 25 heavy (non-hydrogen) atoms. The normalized spacial score (nSPS) is 23.8. The lowest BCUT2D eigenvalue weighted by Gasteiger charge is -2.38. The third-order valence-electron chi connectivity index (χ3n) is 5.14. The number of aryl methyl sites for hydroxylation is 1. The molecule has 2 fully saturated rings. The van der Waals surface area contributed by atoms with Crippen LogP contribution in [-0.2, 0) is 14.8 Å². The molecular formula is C16H23ClN4O3S. The van der Waals surface area contributed by atoms with Gasteiger partial charge in [0.15, 0.2) is 0 Å². The summed E-state index contributed by atoms with van der Waals surface area (Å²) in [7, 11) is -3.58. The second kappa shape index (κ2) is 7.19. The van der Waals surface area contributed by atoms with Crippen LogP contribution in [0, 0.1) is 6.92 Å². The van der Waals surface area contributed by atoms with Gasteiger partial charge in [-0.15, -0.1) is 0 Å². The van der Waals surface area contributed by atoms with Crippen LogP contribution in [0.4, 0.5) is 0 Å². The van der Waals surface area contributed by atoms with Crippen LogP contribution in [-0.4, -0.2) is 60.2 Å². The van der Waals surface area contributed by atoms with Gasteiger partial charge in [0.25, 0.3) is 0 Å². The van der Waals surface area contributed by atoms with E-state index in [9.17, 15) is 13.2 Å². The Morgan fingerprint density at radius 3 is 2.56 bits per heavy atom. The van der Waals surface area contributed by atoms with Crippen LogP contribution in [0.5, 0.6) is 0 Å². The number of hydrogen-bond donors (Lipinski definition) is 1. The predicted octanol–water partition coefficient (Wildman–Crippen LogP) is 1.15. The highest BCUT2D eigenvalue weighted by molar-refractivity contribution is 7.89. The number of pyridine rings is 1. The van der Waals surface area contributed by atoms with Crippen molar-refractivity contribution in [1.82, 2.24) is 14.2 Å². The lowest BCUT2D eigenvalue weighted by molar-refractivity contribution is -0.123. The van der Waals surface area contributed by atoms with Crippen molar-refractivity contribution in [3.63, 3.8) is 0 Å². The molecule has 0 radical (unpaired) electrons. The Labute approximate surface area is 153 Å². The van der Waals surface area contributed by atoms with E-state index in [2.05, 4.69) is 9.88 Å². The van der Waals surface area contributed by atoms with E-state index in [0.717, 1.165) is 19.4 Å². The summed E-state index contributed by atoms with van der Waals surface area (Å²) in [4.78, 5) is 17.8. The van der Waals surface area contributed by atoms with Crippen molar-refractivity contribution in [2.24, 2.45) is 5.73 Å². The average Bonchev–Trinajstić information content (AvgIpc) is 3.07. The van der Waals surface area contributed by atoms with E-state index in [4.69, 9.17) is 17.3 Å². The number of piperidine rings is 1. The smallest absolute Gasteiger partial charge is 0.244 e. The Balaban J connectivity index is 1.69. The van der Waals surface area contributed by atoms with E-state index in [1.54, 1.807) is 13.0 Å². The first-order chi connectivity index (χ1) is 11.8. The second-order valence-electron chi connectivity index (χ2n) is 6.71. The van der Waals surface area contributed by atoms with Crippen LogP contribution < -0.4 is 5.73 Å². The lowest BCUT2D eigenvalue weighted by atomic mass is 10.0. The molecule has 1 aromatic rings. The molecule has 0 aliphatic carbocycles. The van der Waals surface area contributed by atoms with E-state index < -0.39 is 10.0 Å². The number of carbonyl (C=O) groups excluding carboxylic acids is 1. The van der Waals surface area contributed by atoms with Crippen molar-refractivity contribution < 1.29 is 13.2 Å². The van der Waals surface area contributed by atoms with Gasteiger partial charge in [-0.3, -0.25) is 9.69 Å². The molecule has 0 saturated carbocycles. The summed E-state index contributed by atoms with van der Waals surface area (Å²) in [6, 6.07) is 1.55. The summed E-state index contributed by atoms with van der Waals surface area (Å²) < 4.78 is 27.1. The van der Waals surface area contributed by atoms with Crippen molar-refractivity contribution >= 4 is 27.5 Å². The second-order valence-corrected chi connectivity index (χ2v) is 9.01. The number of halogens is 1. The van der Waals surface area contributed by atoms with E-state index in [1.165, 1.54) is 10.5 Å². The summed E-state index contributed by atoms with van der Waals surface area (Å²) in [5.74, 6) is -0.282. The molecular weight excluding hydrogens is 364 g/mol. The van der Waals surface area contributed by atoms with E-state index in [-0.39, 0.29) is 22.9 Å². The SMILES string of the molecule is Cc1cc(S(=O)(=O)N2CCC(N3CCCC3C(N)=O)CC2)cnc1Cl. The molecule has 1 unspecified atom stereocenters. The van der Waals surface area contributed by atoms with E-state index in [0.29, 0.717) is 36.6 Å². The monoisotopic (exact) mass is 386 g/mol. The average molecular weight is 387 g/mol. The Morgan fingerprint density at radius 2 is 1.96 bits per heavy atom. The van der Waals surface area contributed by atoms with E-state index in [1.807, 2.05) is 0 Å². The number of likely N-dealkylation sites (tertiary alicyclic amines) is 1. The highest BCUT2D eigenvalue weighted by atomic mass is 35.5. The number of aromatic nitrogens is 1. The van der Waals surface area contributed by atoms with Crippen molar-refractivity contribution in [3.05, 3.63) is 23.0 Å². The number of carbonyl (C=O) groups is 1. The Morgan fingerprint density at radius 1 is 1.28 bits per heavy atom. The van der Waals surface area contributed by atoms with Gasteiger partial charge in [0.05, 0.1) is 6.04 Å². The third kappa shape index (κ3) is 3.67. The Bertz CT molecular complexity index is 763. The van der Waals surface area contributed by atoms with Gasteiger partial charge in [-0.1, -0.05) is 11.6 Å². The summed E-state index contributed by atoms with van der Waals surface area (Å²) in [6.07, 6.45) is 4.46. The fraction of sp³-hybridized carbons (Fsp3) is 0.625. The summed E-state index contributed by atoms with van der Waals surface area (Å²) in [5, 5.41) is 0.309. The minimum atomic E-state index is -3.58. The maximum atomic E-state index is 12.8. The highest BCUT2D eigenvalue weighted by Gasteiger charge is 2.38. The molecule has 0 aromatic carbocycles. The van der Waals surface area contributed by atoms with Gasteiger partial charge in [-0.25, -0.2) is 13.4 Å². The van der Waals surface area contributed by atoms with Gasteiger partial charge in [0.2, 0.25) is 15.9 Å². The van der Waals surface area contributed by atoms with Crippen molar-refractivity contribution in [3.8, 4) is 0 Å². The maximum absolute atomic E-state index is 12.8. The third-order valence-corrected chi connectivity index (χ3v) is 7.40. The number of hydrogen-bond acceptors (Lipinski definition) is 5. The molecule has 9 heteroatoms. The fourth-order valence-corrected chi connectivity index (χ4v) is 5.37. The molecule has 2 N–H and O–H groups in total. The number of primary amides is 1. The Kier molecular flexibility index (Phi) is 5.34. The van der Waals surface area contributed by atoms with Crippen molar-refractivity contribution in [2.75, 3.05) is 19.6 Å². The quantitative estimate of drug-likeness (QED) is 0.783. The van der Waals surface area contributed by atoms with Gasteiger partial charge < -0.3 is 5.73 Å². The molecule has 2 aliphatic rings. The molecule has 1 aromatic heterocycles. The summed E-state index contributed by atoms with van der Waals surface area (Å²) >= 11 is 5.88. The first-order valence-corrected chi connectivity index (χ1v) is 10.3. The molecule has 138 valence electrons. The largest absolute Gasteiger partial charge is 0.368 e. The molecule has 3 heterocycles. The molecule has 1 atom stereocenters. The highest BCUT2D eigenvalue weighted by Crippen LogP contribution is 2.28. The number of nitrogens with two attached hydrogens (primary N) is 1. The zero-order valence-electron chi connectivity index (χ0n) is 14.2. The topological polar surface area (TPSA) is 96.6 Å². The molecule has 1 amide bonds. The van der Waals surface area contributed by atoms with Crippen molar-refractivity contribution in [1.29, 1.82) is 0 Å². The van der Waals surface area contributed by atoms with Crippen LogP contribution in [0.1, 0.15) is 31.2 Å². The van der Waals surface area contributed by atoms with Crippen LogP contribution in [0.2, 0.25) is 5.15 Å². The van der Waals surface area contributed by atoms with Crippen LogP contribution in [0.3, 0.4) is 0 Å². The molecule has 0 bridgehead atoms.